The van der Waals surface area contributed by atoms with Crippen LogP contribution in [0, 0.1) is 0 Å². The molecule has 3 N–H and O–H groups in total. The minimum atomic E-state index is -4.00. The van der Waals surface area contributed by atoms with Crippen LogP contribution in [0.3, 0.4) is 0 Å². The van der Waals surface area contributed by atoms with Crippen LogP contribution in [0.2, 0.25) is 0 Å². The molecule has 0 unspecified atom stereocenters. The third-order valence-corrected chi connectivity index (χ3v) is 6.16. The van der Waals surface area contributed by atoms with Crippen molar-refractivity contribution < 1.29 is 27.8 Å². The fraction of sp³-hybridized carbons (Fsp3) is 0.208. The number of carbonyl (C=O) groups is 1. The topological polar surface area (TPSA) is 114 Å². The highest BCUT2D eigenvalue weighted by Crippen LogP contribution is 2.30. The Balaban J connectivity index is 1.73. The molecule has 0 fully saturated rings. The zero-order chi connectivity index (χ0) is 23.8. The van der Waals surface area contributed by atoms with Crippen LogP contribution in [0.5, 0.6) is 17.2 Å². The first-order valence-electron chi connectivity index (χ1n) is 10.3. The zero-order valence-corrected chi connectivity index (χ0v) is 19.2. The van der Waals surface area contributed by atoms with Gasteiger partial charge >= 0.3 is 0 Å². The van der Waals surface area contributed by atoms with E-state index in [0.717, 1.165) is 5.56 Å². The van der Waals surface area contributed by atoms with E-state index in [0.29, 0.717) is 24.5 Å². The van der Waals surface area contributed by atoms with Gasteiger partial charge in [0.2, 0.25) is 5.91 Å². The Morgan fingerprint density at radius 3 is 2.39 bits per heavy atom. The number of anilines is 2. The van der Waals surface area contributed by atoms with Gasteiger partial charge in [-0.05, 0) is 55.3 Å². The van der Waals surface area contributed by atoms with Crippen molar-refractivity contribution in [1.29, 1.82) is 0 Å². The highest BCUT2D eigenvalue weighted by Gasteiger charge is 2.19. The number of nitrogens with one attached hydrogen (secondary N) is 2. The van der Waals surface area contributed by atoms with Gasteiger partial charge in [0.15, 0.2) is 0 Å². The van der Waals surface area contributed by atoms with Gasteiger partial charge in [-0.2, -0.15) is 0 Å². The molecule has 3 rings (SSSR count). The number of phenols is 1. The Bertz CT molecular complexity index is 1230. The number of phenolic OH excluding ortho intramolecular Hbond substituents is 1. The summed E-state index contributed by atoms with van der Waals surface area (Å²) in [7, 11) is -2.56. The molecule has 0 bridgehead atoms. The summed E-state index contributed by atoms with van der Waals surface area (Å²) in [6, 6.07) is 17.7. The zero-order valence-electron chi connectivity index (χ0n) is 18.4. The van der Waals surface area contributed by atoms with Gasteiger partial charge in [-0.25, -0.2) is 8.42 Å². The van der Waals surface area contributed by atoms with Gasteiger partial charge in [0.05, 0.1) is 30.0 Å². The molecule has 0 heterocycles. The van der Waals surface area contributed by atoms with E-state index in [-0.39, 0.29) is 34.3 Å². The second-order valence-electron chi connectivity index (χ2n) is 7.07. The van der Waals surface area contributed by atoms with E-state index in [1.807, 2.05) is 31.2 Å². The molecule has 9 heteroatoms. The monoisotopic (exact) mass is 470 g/mol. The number of methoxy groups -OCH3 is 1. The van der Waals surface area contributed by atoms with E-state index >= 15 is 0 Å². The van der Waals surface area contributed by atoms with Crippen LogP contribution in [0.15, 0.2) is 71.6 Å². The lowest BCUT2D eigenvalue weighted by molar-refractivity contribution is -0.116. The maximum atomic E-state index is 12.9. The largest absolute Gasteiger partial charge is 0.506 e. The van der Waals surface area contributed by atoms with Crippen molar-refractivity contribution in [2.75, 3.05) is 23.8 Å². The SMILES string of the molecule is CCOc1ccccc1CCC(=O)Nc1cc(S(=O)(=O)Nc2ccccc2OC)ccc1O. The summed E-state index contributed by atoms with van der Waals surface area (Å²) in [5, 5.41) is 12.7. The number of aryl methyl sites for hydroxylation is 1. The number of aromatic hydroxyl groups is 1. The lowest BCUT2D eigenvalue weighted by atomic mass is 10.1. The summed E-state index contributed by atoms with van der Waals surface area (Å²) in [6.07, 6.45) is 0.552. The van der Waals surface area contributed by atoms with Crippen molar-refractivity contribution in [2.24, 2.45) is 0 Å². The van der Waals surface area contributed by atoms with Gasteiger partial charge in [0.25, 0.3) is 10.0 Å². The molecule has 0 atom stereocenters. The van der Waals surface area contributed by atoms with Gasteiger partial charge in [-0.15, -0.1) is 0 Å². The summed E-state index contributed by atoms with van der Waals surface area (Å²) in [4.78, 5) is 12.4. The third-order valence-electron chi connectivity index (χ3n) is 4.80. The molecule has 8 nitrogen and oxygen atoms in total. The Morgan fingerprint density at radius 2 is 1.67 bits per heavy atom. The second-order valence-corrected chi connectivity index (χ2v) is 8.76. The van der Waals surface area contributed by atoms with E-state index in [1.54, 1.807) is 24.3 Å². The summed E-state index contributed by atoms with van der Waals surface area (Å²) < 4.78 is 38.9. The molecule has 0 aliphatic rings. The number of hydrogen-bond donors (Lipinski definition) is 3. The average molecular weight is 471 g/mol. The highest BCUT2D eigenvalue weighted by atomic mass is 32.2. The number of carbonyl (C=O) groups excluding carboxylic acids is 1. The van der Waals surface area contributed by atoms with Crippen molar-refractivity contribution in [3.63, 3.8) is 0 Å². The standard InChI is InChI=1S/C24H26N2O6S/c1-3-32-22-10-6-4-8-17(22)12-15-24(28)25-20-16-18(13-14-21(20)27)33(29,30)26-19-9-5-7-11-23(19)31-2/h4-11,13-14,16,26-27H,3,12,15H2,1-2H3,(H,25,28). The first kappa shape index (κ1) is 23.9. The molecular formula is C24H26N2O6S. The number of amides is 1. The smallest absolute Gasteiger partial charge is 0.262 e. The van der Waals surface area contributed by atoms with Gasteiger partial charge in [0, 0.05) is 6.42 Å². The number of benzene rings is 3. The fourth-order valence-corrected chi connectivity index (χ4v) is 4.28. The van der Waals surface area contributed by atoms with Crippen molar-refractivity contribution in [1.82, 2.24) is 0 Å². The number of sulfonamides is 1. The van der Waals surface area contributed by atoms with E-state index < -0.39 is 10.0 Å². The van der Waals surface area contributed by atoms with Crippen LogP contribution in [-0.4, -0.2) is 33.1 Å². The molecule has 0 aromatic heterocycles. The third kappa shape index (κ3) is 6.17. The molecular weight excluding hydrogens is 444 g/mol. The fourth-order valence-electron chi connectivity index (χ4n) is 3.18. The minimum absolute atomic E-state index is 0.000921. The van der Waals surface area contributed by atoms with Gasteiger partial charge in [-0.1, -0.05) is 30.3 Å². The highest BCUT2D eigenvalue weighted by molar-refractivity contribution is 7.92. The Labute approximate surface area is 193 Å². The second kappa shape index (κ2) is 10.7. The molecule has 174 valence electrons. The maximum Gasteiger partial charge on any atom is 0.262 e. The number of para-hydroxylation sites is 3. The molecule has 0 radical (unpaired) electrons. The van der Waals surface area contributed by atoms with Crippen LogP contribution in [0.4, 0.5) is 11.4 Å². The first-order valence-corrected chi connectivity index (χ1v) is 11.8. The van der Waals surface area contributed by atoms with Crippen molar-refractivity contribution in [3.8, 4) is 17.2 Å². The van der Waals surface area contributed by atoms with Crippen molar-refractivity contribution in [3.05, 3.63) is 72.3 Å². The van der Waals surface area contributed by atoms with E-state index in [1.165, 1.54) is 25.3 Å². The molecule has 33 heavy (non-hydrogen) atoms. The van der Waals surface area contributed by atoms with Crippen LogP contribution in [-0.2, 0) is 21.2 Å². The predicted octanol–water partition coefficient (Wildman–Crippen LogP) is 4.17. The minimum Gasteiger partial charge on any atom is -0.506 e. The maximum absolute atomic E-state index is 12.9. The van der Waals surface area contributed by atoms with E-state index in [2.05, 4.69) is 10.0 Å². The Morgan fingerprint density at radius 1 is 0.970 bits per heavy atom. The van der Waals surface area contributed by atoms with Crippen LogP contribution < -0.4 is 19.5 Å². The van der Waals surface area contributed by atoms with Crippen LogP contribution in [0.25, 0.3) is 0 Å². The molecule has 3 aromatic rings. The molecule has 0 aliphatic heterocycles. The first-order chi connectivity index (χ1) is 15.8. The Hall–Kier alpha value is -3.72. The lowest BCUT2D eigenvalue weighted by Gasteiger charge is -2.14. The molecule has 3 aromatic carbocycles. The molecule has 0 saturated carbocycles. The molecule has 0 aliphatic carbocycles. The number of rotatable bonds is 10. The van der Waals surface area contributed by atoms with Crippen molar-refractivity contribution >= 4 is 27.3 Å². The van der Waals surface area contributed by atoms with E-state index in [9.17, 15) is 18.3 Å². The van der Waals surface area contributed by atoms with Gasteiger partial charge < -0.3 is 19.9 Å². The molecule has 0 spiro atoms. The van der Waals surface area contributed by atoms with E-state index in [4.69, 9.17) is 9.47 Å². The van der Waals surface area contributed by atoms with Gasteiger partial charge in [-0.3, -0.25) is 9.52 Å². The summed E-state index contributed by atoms with van der Waals surface area (Å²) in [5.74, 6) is 0.463. The number of ether oxygens (including phenoxy) is 2. The number of hydrogen-bond acceptors (Lipinski definition) is 6. The summed E-state index contributed by atoms with van der Waals surface area (Å²) >= 11 is 0. The van der Waals surface area contributed by atoms with Crippen LogP contribution in [0.1, 0.15) is 18.9 Å². The predicted molar refractivity (Wildman–Crippen MR) is 126 cm³/mol. The Kier molecular flexibility index (Phi) is 7.78. The quantitative estimate of drug-likeness (QED) is 0.383. The molecule has 1 amide bonds. The van der Waals surface area contributed by atoms with Crippen LogP contribution >= 0.6 is 0 Å². The summed E-state index contributed by atoms with van der Waals surface area (Å²) in [5.41, 5.74) is 1.16. The van der Waals surface area contributed by atoms with Gasteiger partial charge in [0.1, 0.15) is 17.2 Å². The molecule has 0 saturated heterocycles. The van der Waals surface area contributed by atoms with Crippen molar-refractivity contribution in [2.45, 2.75) is 24.7 Å². The summed E-state index contributed by atoms with van der Waals surface area (Å²) in [6.45, 7) is 2.40. The normalized spacial score (nSPS) is 11.0. The lowest BCUT2D eigenvalue weighted by Crippen LogP contribution is -2.16. The average Bonchev–Trinajstić information content (AvgIpc) is 2.80.